The zero-order chi connectivity index (χ0) is 20.1. The molecule has 1 saturated carbocycles. The van der Waals surface area contributed by atoms with E-state index >= 15 is 4.39 Å². The highest BCUT2D eigenvalue weighted by Gasteiger charge is 2.39. The summed E-state index contributed by atoms with van der Waals surface area (Å²) < 4.78 is 26.9. The molecule has 8 heteroatoms. The van der Waals surface area contributed by atoms with Crippen LogP contribution in [-0.2, 0) is 4.74 Å². The molecule has 2 aliphatic heterocycles. The smallest absolute Gasteiger partial charge is 0.206 e. The number of aromatic nitrogens is 1. The van der Waals surface area contributed by atoms with Crippen LogP contribution in [0.15, 0.2) is 10.6 Å². The van der Waals surface area contributed by atoms with Gasteiger partial charge in [-0.3, -0.25) is 4.79 Å². The van der Waals surface area contributed by atoms with Crippen LogP contribution in [0.3, 0.4) is 0 Å². The predicted octanol–water partition coefficient (Wildman–Crippen LogP) is 4.21. The van der Waals surface area contributed by atoms with Crippen LogP contribution in [0.2, 0.25) is 0 Å². The lowest BCUT2D eigenvalue weighted by Crippen LogP contribution is -2.46. The summed E-state index contributed by atoms with van der Waals surface area (Å²) in [6, 6.07) is 2.16. The molecule has 1 aromatic carbocycles. The molecule has 5 rings (SSSR count). The van der Waals surface area contributed by atoms with Crippen molar-refractivity contribution in [1.82, 2.24) is 5.16 Å². The number of hydrogen-bond acceptors (Lipinski definition) is 7. The van der Waals surface area contributed by atoms with E-state index in [0.29, 0.717) is 46.8 Å². The maximum absolute atomic E-state index is 15.6. The zero-order valence-corrected chi connectivity index (χ0v) is 17.6. The molecule has 6 nitrogen and oxygen atoms in total. The van der Waals surface area contributed by atoms with Crippen molar-refractivity contribution in [1.29, 1.82) is 0 Å². The predicted molar refractivity (Wildman–Crippen MR) is 113 cm³/mol. The maximum atomic E-state index is 15.6. The number of aldehydes is 1. The van der Waals surface area contributed by atoms with Gasteiger partial charge in [-0.2, -0.15) is 0 Å². The summed E-state index contributed by atoms with van der Waals surface area (Å²) in [7, 11) is 0. The molecule has 1 aromatic heterocycles. The van der Waals surface area contributed by atoms with Gasteiger partial charge in [0, 0.05) is 29.9 Å². The topological polar surface area (TPSA) is 58.8 Å². The maximum Gasteiger partial charge on any atom is 0.206 e. The van der Waals surface area contributed by atoms with Crippen molar-refractivity contribution >= 4 is 40.5 Å². The first-order valence-corrected chi connectivity index (χ1v) is 11.5. The molecule has 0 radical (unpaired) electrons. The number of anilines is 2. The Morgan fingerprint density at radius 3 is 2.76 bits per heavy atom. The van der Waals surface area contributed by atoms with Gasteiger partial charge in [0.2, 0.25) is 5.58 Å². The van der Waals surface area contributed by atoms with Crippen LogP contribution in [-0.4, -0.2) is 53.9 Å². The number of halogens is 1. The summed E-state index contributed by atoms with van der Waals surface area (Å²) >= 11 is 1.94. The van der Waals surface area contributed by atoms with E-state index in [0.717, 1.165) is 18.6 Å². The van der Waals surface area contributed by atoms with Crippen molar-refractivity contribution in [3.8, 4) is 0 Å². The summed E-state index contributed by atoms with van der Waals surface area (Å²) in [6.45, 7) is 4.97. The number of nitrogens with zero attached hydrogens (tertiary/aromatic N) is 3. The Balaban J connectivity index is 1.57. The average molecular weight is 420 g/mol. The van der Waals surface area contributed by atoms with Crippen molar-refractivity contribution in [2.75, 3.05) is 28.8 Å². The minimum atomic E-state index is -0.503. The fourth-order valence-electron chi connectivity index (χ4n) is 5.13. The third-order valence-corrected chi connectivity index (χ3v) is 7.73. The lowest BCUT2D eigenvalue weighted by atomic mass is 9.94. The summed E-state index contributed by atoms with van der Waals surface area (Å²) in [5, 5.41) is 5.45. The highest BCUT2D eigenvalue weighted by molar-refractivity contribution is 8.00. The van der Waals surface area contributed by atoms with Crippen LogP contribution < -0.4 is 9.80 Å². The van der Waals surface area contributed by atoms with Crippen molar-refractivity contribution < 1.29 is 18.4 Å². The molecule has 0 bridgehead atoms. The fraction of sp³-hybridized carbons (Fsp3) is 0.619. The zero-order valence-electron chi connectivity index (χ0n) is 16.8. The SMILES string of the molecule is C[C@@H]1CN(c2c(C=O)cc3c(N4CS[C@H]5CCCC[C@H]54)noc3c2F)C[C@@H](C)O1. The highest BCUT2D eigenvalue weighted by Crippen LogP contribution is 2.44. The van der Waals surface area contributed by atoms with Gasteiger partial charge in [0.15, 0.2) is 17.9 Å². The molecule has 0 amide bonds. The third-order valence-electron chi connectivity index (χ3n) is 6.32. The summed E-state index contributed by atoms with van der Waals surface area (Å²) in [5.41, 5.74) is 0.771. The molecule has 2 aromatic rings. The number of morpholine rings is 1. The number of fused-ring (bicyclic) bond motifs is 2. The number of hydrogen-bond donors (Lipinski definition) is 0. The standard InChI is InChI=1S/C21H26FN3O3S/c1-12-8-24(9-13(2)27-12)19-14(10-26)7-15-20(18(19)22)28-23-21(15)25-11-29-17-6-4-3-5-16(17)25/h7,10,12-13,16-17H,3-6,8-9,11H2,1-2H3/t12-,13-,16-,17+/m1/s1. The fourth-order valence-corrected chi connectivity index (χ4v) is 6.64. The van der Waals surface area contributed by atoms with E-state index in [4.69, 9.17) is 9.26 Å². The van der Waals surface area contributed by atoms with Crippen molar-refractivity contribution in [2.24, 2.45) is 0 Å². The summed E-state index contributed by atoms with van der Waals surface area (Å²) in [5.74, 6) is 0.991. The number of ether oxygens (including phenoxy) is 1. The van der Waals surface area contributed by atoms with Gasteiger partial charge >= 0.3 is 0 Å². The molecule has 0 unspecified atom stereocenters. The quantitative estimate of drug-likeness (QED) is 0.691. The van der Waals surface area contributed by atoms with Crippen LogP contribution in [0.5, 0.6) is 0 Å². The molecular formula is C21H26FN3O3S. The normalized spacial score (nSPS) is 30.0. The number of benzene rings is 1. The van der Waals surface area contributed by atoms with Crippen LogP contribution in [0.1, 0.15) is 49.9 Å². The minimum Gasteiger partial charge on any atom is -0.372 e. The van der Waals surface area contributed by atoms with Gasteiger partial charge < -0.3 is 19.1 Å². The van der Waals surface area contributed by atoms with E-state index in [1.54, 1.807) is 6.07 Å². The molecule has 156 valence electrons. The van der Waals surface area contributed by atoms with Gasteiger partial charge in [-0.15, -0.1) is 11.8 Å². The molecule has 3 heterocycles. The minimum absolute atomic E-state index is 0.0384. The third kappa shape index (κ3) is 3.20. The Hall–Kier alpha value is -1.80. The second kappa shape index (κ2) is 7.47. The molecule has 1 aliphatic carbocycles. The largest absolute Gasteiger partial charge is 0.372 e. The molecule has 4 atom stereocenters. The van der Waals surface area contributed by atoms with Crippen LogP contribution >= 0.6 is 11.8 Å². The monoisotopic (exact) mass is 419 g/mol. The van der Waals surface area contributed by atoms with Gasteiger partial charge in [0.1, 0.15) is 0 Å². The Kier molecular flexibility index (Phi) is 4.94. The van der Waals surface area contributed by atoms with Gasteiger partial charge in [0.25, 0.3) is 0 Å². The molecule has 29 heavy (non-hydrogen) atoms. The first-order valence-electron chi connectivity index (χ1n) is 10.4. The lowest BCUT2D eigenvalue weighted by molar-refractivity contribution is -0.00543. The van der Waals surface area contributed by atoms with Crippen molar-refractivity contribution in [3.05, 3.63) is 17.4 Å². The van der Waals surface area contributed by atoms with Crippen LogP contribution in [0, 0.1) is 5.82 Å². The van der Waals surface area contributed by atoms with Crippen molar-refractivity contribution in [2.45, 2.75) is 63.0 Å². The van der Waals surface area contributed by atoms with Crippen molar-refractivity contribution in [3.63, 3.8) is 0 Å². The molecule has 0 spiro atoms. The lowest BCUT2D eigenvalue weighted by Gasteiger charge is -2.37. The Morgan fingerprint density at radius 1 is 1.24 bits per heavy atom. The van der Waals surface area contributed by atoms with Gasteiger partial charge in [-0.25, -0.2) is 4.39 Å². The summed E-state index contributed by atoms with van der Waals surface area (Å²) in [6.07, 6.45) is 5.47. The molecular weight excluding hydrogens is 393 g/mol. The van der Waals surface area contributed by atoms with E-state index in [9.17, 15) is 4.79 Å². The van der Waals surface area contributed by atoms with Gasteiger partial charge in [-0.1, -0.05) is 18.0 Å². The Labute approximate surface area is 173 Å². The van der Waals surface area contributed by atoms with E-state index in [1.165, 1.54) is 19.3 Å². The highest BCUT2D eigenvalue weighted by atomic mass is 32.2. The van der Waals surface area contributed by atoms with Crippen LogP contribution in [0.25, 0.3) is 11.0 Å². The number of carbonyl (C=O) groups excluding carboxylic acids is 1. The Bertz CT molecular complexity index is 926. The average Bonchev–Trinajstić information content (AvgIpc) is 3.30. The second-order valence-electron chi connectivity index (χ2n) is 8.45. The summed E-state index contributed by atoms with van der Waals surface area (Å²) in [4.78, 5) is 16.1. The number of thioether (sulfide) groups is 1. The van der Waals surface area contributed by atoms with Gasteiger partial charge in [-0.05, 0) is 32.8 Å². The van der Waals surface area contributed by atoms with Crippen LogP contribution in [0.4, 0.5) is 15.9 Å². The first kappa shape index (κ1) is 19.2. The second-order valence-corrected chi connectivity index (χ2v) is 9.64. The number of rotatable bonds is 3. The first-order chi connectivity index (χ1) is 14.1. The molecule has 3 aliphatic rings. The molecule has 2 saturated heterocycles. The number of carbonyl (C=O) groups is 1. The molecule has 0 N–H and O–H groups in total. The van der Waals surface area contributed by atoms with Gasteiger partial charge in [0.05, 0.1) is 29.2 Å². The van der Waals surface area contributed by atoms with E-state index in [-0.39, 0.29) is 17.8 Å². The van der Waals surface area contributed by atoms with E-state index in [2.05, 4.69) is 10.1 Å². The van der Waals surface area contributed by atoms with E-state index in [1.807, 2.05) is 30.5 Å². The van der Waals surface area contributed by atoms with E-state index < -0.39 is 5.82 Å². The Morgan fingerprint density at radius 2 is 2.00 bits per heavy atom. The molecule has 3 fully saturated rings.